The van der Waals surface area contributed by atoms with Gasteiger partial charge < -0.3 is 4.98 Å². The molecule has 0 fully saturated rings. The number of fused-ring (bicyclic) bond motifs is 1. The Labute approximate surface area is 98.9 Å². The molecule has 1 aliphatic rings. The lowest BCUT2D eigenvalue weighted by molar-refractivity contribution is 0.925. The zero-order valence-corrected chi connectivity index (χ0v) is 9.31. The van der Waals surface area contributed by atoms with Gasteiger partial charge in [0.2, 0.25) is 0 Å². The molecule has 0 atom stereocenters. The maximum absolute atomic E-state index is 12.0. The third-order valence-electron chi connectivity index (χ3n) is 2.99. The zero-order valence-electron chi connectivity index (χ0n) is 9.31. The molecule has 3 nitrogen and oxygen atoms in total. The van der Waals surface area contributed by atoms with E-state index >= 15 is 0 Å². The molecule has 0 unspecified atom stereocenters. The van der Waals surface area contributed by atoms with Gasteiger partial charge in [-0.25, -0.2) is 0 Å². The summed E-state index contributed by atoms with van der Waals surface area (Å²) in [5.41, 5.74) is 3.78. The topological polar surface area (TPSA) is 45.8 Å². The van der Waals surface area contributed by atoms with E-state index in [2.05, 4.69) is 9.97 Å². The number of allylic oxidation sites excluding steroid dienone is 1. The van der Waals surface area contributed by atoms with E-state index in [1.165, 1.54) is 0 Å². The number of nitrogens with one attached hydrogen (secondary N) is 1. The van der Waals surface area contributed by atoms with Crippen LogP contribution < -0.4 is 5.43 Å². The van der Waals surface area contributed by atoms with Crippen LogP contribution in [0.25, 0.3) is 17.3 Å². The molecule has 0 aromatic carbocycles. The molecule has 3 heteroatoms. The van der Waals surface area contributed by atoms with E-state index in [9.17, 15) is 4.79 Å². The molecule has 3 rings (SSSR count). The van der Waals surface area contributed by atoms with E-state index in [-0.39, 0.29) is 5.43 Å². The average molecular weight is 224 g/mol. The molecule has 0 aliphatic heterocycles. The Morgan fingerprint density at radius 1 is 1.24 bits per heavy atom. The van der Waals surface area contributed by atoms with Crippen molar-refractivity contribution in [2.45, 2.75) is 12.8 Å². The minimum Gasteiger partial charge on any atom is -0.358 e. The van der Waals surface area contributed by atoms with E-state index in [1.54, 1.807) is 18.5 Å². The fourth-order valence-corrected chi connectivity index (χ4v) is 2.12. The van der Waals surface area contributed by atoms with Crippen LogP contribution in [0.3, 0.4) is 0 Å². The first-order valence-electron chi connectivity index (χ1n) is 5.68. The molecule has 84 valence electrons. The van der Waals surface area contributed by atoms with Gasteiger partial charge in [-0.1, -0.05) is 12.2 Å². The fourth-order valence-electron chi connectivity index (χ4n) is 2.12. The largest absolute Gasteiger partial charge is 0.358 e. The van der Waals surface area contributed by atoms with Gasteiger partial charge in [-0.2, -0.15) is 0 Å². The predicted molar refractivity (Wildman–Crippen MR) is 67.6 cm³/mol. The summed E-state index contributed by atoms with van der Waals surface area (Å²) in [6, 6.07) is 5.45. The Kier molecular flexibility index (Phi) is 2.37. The molecule has 0 amide bonds. The summed E-state index contributed by atoms with van der Waals surface area (Å²) in [5.74, 6) is 0. The standard InChI is InChI=1S/C14H12N2O/c17-14-9-13(10-5-7-15-8-6-10)16-12-4-2-1-3-11(12)14/h1,3,5-9H,2,4H2,(H,16,17). The molecule has 1 N–H and O–H groups in total. The van der Waals surface area contributed by atoms with Gasteiger partial charge >= 0.3 is 0 Å². The first-order valence-corrected chi connectivity index (χ1v) is 5.68. The summed E-state index contributed by atoms with van der Waals surface area (Å²) < 4.78 is 0. The Hall–Kier alpha value is -2.16. The lowest BCUT2D eigenvalue weighted by Crippen LogP contribution is -2.12. The van der Waals surface area contributed by atoms with E-state index in [0.29, 0.717) is 0 Å². The monoisotopic (exact) mass is 224 g/mol. The third kappa shape index (κ3) is 1.80. The molecule has 1 aliphatic carbocycles. The second kappa shape index (κ2) is 4.01. The van der Waals surface area contributed by atoms with Gasteiger partial charge in [0.25, 0.3) is 0 Å². The molecule has 17 heavy (non-hydrogen) atoms. The van der Waals surface area contributed by atoms with Crippen molar-refractivity contribution in [2.24, 2.45) is 0 Å². The third-order valence-corrected chi connectivity index (χ3v) is 2.99. The summed E-state index contributed by atoms with van der Waals surface area (Å²) in [6.07, 6.45) is 9.31. The lowest BCUT2D eigenvalue weighted by atomic mass is 10.0. The Balaban J connectivity index is 2.18. The number of aryl methyl sites for hydroxylation is 1. The second-order valence-corrected chi connectivity index (χ2v) is 4.12. The summed E-state index contributed by atoms with van der Waals surface area (Å²) in [5, 5.41) is 0. The minimum absolute atomic E-state index is 0.0847. The van der Waals surface area contributed by atoms with Gasteiger partial charge in [0.15, 0.2) is 5.43 Å². The second-order valence-electron chi connectivity index (χ2n) is 4.12. The van der Waals surface area contributed by atoms with Crippen molar-refractivity contribution in [1.82, 2.24) is 9.97 Å². The first-order chi connectivity index (χ1) is 8.34. The van der Waals surface area contributed by atoms with Crippen molar-refractivity contribution in [1.29, 1.82) is 0 Å². The van der Waals surface area contributed by atoms with Gasteiger partial charge in [-0.15, -0.1) is 0 Å². The molecule has 2 heterocycles. The maximum Gasteiger partial charge on any atom is 0.189 e. The van der Waals surface area contributed by atoms with Crippen LogP contribution in [0, 0.1) is 0 Å². The van der Waals surface area contributed by atoms with Crippen LogP contribution in [0.2, 0.25) is 0 Å². The normalized spacial score (nSPS) is 13.4. The van der Waals surface area contributed by atoms with Crippen LogP contribution >= 0.6 is 0 Å². The zero-order chi connectivity index (χ0) is 11.7. The van der Waals surface area contributed by atoms with Crippen LogP contribution in [0.1, 0.15) is 17.7 Å². The number of rotatable bonds is 1. The molecule has 2 aromatic rings. The van der Waals surface area contributed by atoms with Gasteiger partial charge in [0.05, 0.1) is 0 Å². The highest BCUT2D eigenvalue weighted by Gasteiger charge is 2.10. The van der Waals surface area contributed by atoms with Crippen molar-refractivity contribution >= 4 is 6.08 Å². The Morgan fingerprint density at radius 2 is 2.06 bits per heavy atom. The van der Waals surface area contributed by atoms with Crippen molar-refractivity contribution in [3.05, 3.63) is 58.1 Å². The number of aromatic amines is 1. The Morgan fingerprint density at radius 3 is 2.88 bits per heavy atom. The van der Waals surface area contributed by atoms with Crippen LogP contribution in [-0.4, -0.2) is 9.97 Å². The number of pyridine rings is 2. The van der Waals surface area contributed by atoms with Crippen molar-refractivity contribution in [3.63, 3.8) is 0 Å². The van der Waals surface area contributed by atoms with Gasteiger partial charge in [0.1, 0.15) is 0 Å². The van der Waals surface area contributed by atoms with E-state index in [4.69, 9.17) is 0 Å². The maximum atomic E-state index is 12.0. The fraction of sp³-hybridized carbons (Fsp3) is 0.143. The lowest BCUT2D eigenvalue weighted by Gasteiger charge is -2.12. The molecule has 2 aromatic heterocycles. The molecule has 0 saturated carbocycles. The number of aromatic nitrogens is 2. The van der Waals surface area contributed by atoms with E-state index in [1.807, 2.05) is 24.3 Å². The van der Waals surface area contributed by atoms with Crippen LogP contribution in [-0.2, 0) is 6.42 Å². The first kappa shape index (κ1) is 10.0. The molecule has 0 spiro atoms. The number of nitrogens with zero attached hydrogens (tertiary/aromatic N) is 1. The molecule has 0 saturated heterocycles. The average Bonchev–Trinajstić information content (AvgIpc) is 2.40. The number of H-pyrrole nitrogens is 1. The van der Waals surface area contributed by atoms with E-state index < -0.39 is 0 Å². The number of hydrogen-bond acceptors (Lipinski definition) is 2. The van der Waals surface area contributed by atoms with E-state index in [0.717, 1.165) is 35.4 Å². The Bertz CT molecular complexity index is 626. The molecule has 0 radical (unpaired) electrons. The SMILES string of the molecule is O=c1cc(-c2ccncc2)[nH]c2c1C=CCC2. The minimum atomic E-state index is 0.0847. The van der Waals surface area contributed by atoms with Gasteiger partial charge in [-0.05, 0) is 25.0 Å². The summed E-state index contributed by atoms with van der Waals surface area (Å²) in [6.45, 7) is 0. The highest BCUT2D eigenvalue weighted by molar-refractivity contribution is 5.63. The van der Waals surface area contributed by atoms with Crippen LogP contribution in [0.15, 0.2) is 41.5 Å². The highest BCUT2D eigenvalue weighted by Crippen LogP contribution is 2.19. The van der Waals surface area contributed by atoms with Crippen molar-refractivity contribution in [3.8, 4) is 11.3 Å². The summed E-state index contributed by atoms with van der Waals surface area (Å²) in [7, 11) is 0. The van der Waals surface area contributed by atoms with Gasteiger partial charge in [0, 0.05) is 41.0 Å². The van der Waals surface area contributed by atoms with Crippen molar-refractivity contribution < 1.29 is 0 Å². The molecular weight excluding hydrogens is 212 g/mol. The van der Waals surface area contributed by atoms with Gasteiger partial charge in [-0.3, -0.25) is 9.78 Å². The quantitative estimate of drug-likeness (QED) is 0.808. The summed E-state index contributed by atoms with van der Waals surface area (Å²) >= 11 is 0. The predicted octanol–water partition coefficient (Wildman–Crippen LogP) is 2.40. The van der Waals surface area contributed by atoms with Crippen LogP contribution in [0.5, 0.6) is 0 Å². The van der Waals surface area contributed by atoms with Crippen molar-refractivity contribution in [2.75, 3.05) is 0 Å². The smallest absolute Gasteiger partial charge is 0.189 e. The highest BCUT2D eigenvalue weighted by atomic mass is 16.1. The van der Waals surface area contributed by atoms with Crippen LogP contribution in [0.4, 0.5) is 0 Å². The number of hydrogen-bond donors (Lipinski definition) is 1. The summed E-state index contributed by atoms with van der Waals surface area (Å²) in [4.78, 5) is 19.3. The molecular formula is C14H12N2O. The molecule has 0 bridgehead atoms.